The molecule has 0 spiro atoms. The van der Waals surface area contributed by atoms with Gasteiger partial charge in [-0.25, -0.2) is 13.6 Å². The molecule has 0 aromatic heterocycles. The van der Waals surface area contributed by atoms with Gasteiger partial charge >= 0.3 is 0 Å². The highest BCUT2D eigenvalue weighted by Gasteiger charge is 2.06. The fraction of sp³-hybridized carbons (Fsp3) is 0.333. The van der Waals surface area contributed by atoms with E-state index >= 15 is 0 Å². The predicted octanol–water partition coefficient (Wildman–Crippen LogP) is -0.584. The molecule has 1 aromatic rings. The van der Waals surface area contributed by atoms with Crippen molar-refractivity contribution in [2.24, 2.45) is 5.14 Å². The SMILES string of the molecule is NS(=O)(=O)c1ccc(CCNCO)cc1. The van der Waals surface area contributed by atoms with Crippen LogP contribution < -0.4 is 10.5 Å². The van der Waals surface area contributed by atoms with E-state index < -0.39 is 10.0 Å². The van der Waals surface area contributed by atoms with Gasteiger partial charge in [-0.2, -0.15) is 0 Å². The van der Waals surface area contributed by atoms with E-state index in [0.29, 0.717) is 6.54 Å². The Balaban J connectivity index is 2.65. The Morgan fingerprint density at radius 1 is 1.27 bits per heavy atom. The molecule has 1 rings (SSSR count). The Bertz CT molecular complexity index is 400. The lowest BCUT2D eigenvalue weighted by Gasteiger charge is -2.03. The van der Waals surface area contributed by atoms with Gasteiger partial charge in [0.1, 0.15) is 0 Å². The van der Waals surface area contributed by atoms with Crippen molar-refractivity contribution in [3.8, 4) is 0 Å². The molecule has 4 N–H and O–H groups in total. The first kappa shape index (κ1) is 12.1. The summed E-state index contributed by atoms with van der Waals surface area (Å²) in [5.41, 5.74) is 0.989. The van der Waals surface area contributed by atoms with Crippen LogP contribution in [0.1, 0.15) is 5.56 Å². The maximum Gasteiger partial charge on any atom is 0.238 e. The Morgan fingerprint density at radius 3 is 2.33 bits per heavy atom. The zero-order chi connectivity index (χ0) is 11.3. The first-order valence-electron chi connectivity index (χ1n) is 4.47. The van der Waals surface area contributed by atoms with Crippen molar-refractivity contribution in [2.45, 2.75) is 11.3 Å². The third-order valence-electron chi connectivity index (χ3n) is 1.95. The van der Waals surface area contributed by atoms with Crippen LogP contribution in [-0.2, 0) is 16.4 Å². The van der Waals surface area contributed by atoms with Gasteiger partial charge in [-0.05, 0) is 24.1 Å². The smallest absolute Gasteiger partial charge is 0.238 e. The molecule has 0 unspecified atom stereocenters. The molecule has 0 amide bonds. The summed E-state index contributed by atoms with van der Waals surface area (Å²) in [6.45, 7) is 0.584. The molecular weight excluding hydrogens is 216 g/mol. The standard InChI is InChI=1S/C9H14N2O3S/c10-15(13,14)9-3-1-8(2-4-9)5-6-11-7-12/h1-4,11-12H,5-7H2,(H2,10,13,14). The number of hydrogen-bond donors (Lipinski definition) is 3. The summed E-state index contributed by atoms with van der Waals surface area (Å²) in [4.78, 5) is 0.112. The number of nitrogens with two attached hydrogens (primary N) is 1. The van der Waals surface area contributed by atoms with Gasteiger partial charge in [-0.1, -0.05) is 12.1 Å². The van der Waals surface area contributed by atoms with Gasteiger partial charge in [0.15, 0.2) is 0 Å². The van der Waals surface area contributed by atoms with Crippen molar-refractivity contribution in [3.63, 3.8) is 0 Å². The van der Waals surface area contributed by atoms with Gasteiger partial charge in [0.05, 0.1) is 11.6 Å². The number of sulfonamides is 1. The lowest BCUT2D eigenvalue weighted by molar-refractivity contribution is 0.262. The van der Waals surface area contributed by atoms with Crippen molar-refractivity contribution in [3.05, 3.63) is 29.8 Å². The average molecular weight is 230 g/mol. The van der Waals surface area contributed by atoms with Gasteiger partial charge in [-0.15, -0.1) is 0 Å². The molecule has 6 heteroatoms. The Labute approximate surface area is 89.0 Å². The van der Waals surface area contributed by atoms with Crippen LogP contribution in [0.3, 0.4) is 0 Å². The lowest BCUT2D eigenvalue weighted by Crippen LogP contribution is -2.18. The second kappa shape index (κ2) is 5.22. The lowest BCUT2D eigenvalue weighted by atomic mass is 10.1. The number of hydrogen-bond acceptors (Lipinski definition) is 4. The summed E-state index contributed by atoms with van der Waals surface area (Å²) in [7, 11) is -3.60. The minimum atomic E-state index is -3.60. The van der Waals surface area contributed by atoms with Crippen molar-refractivity contribution in [2.75, 3.05) is 13.3 Å². The molecule has 0 saturated carbocycles. The van der Waals surface area contributed by atoms with Crippen LogP contribution in [0.5, 0.6) is 0 Å². The van der Waals surface area contributed by atoms with E-state index in [4.69, 9.17) is 10.2 Å². The molecule has 0 aliphatic heterocycles. The minimum Gasteiger partial charge on any atom is -0.381 e. The Hall–Kier alpha value is -0.950. The van der Waals surface area contributed by atoms with E-state index in [2.05, 4.69) is 5.32 Å². The summed E-state index contributed by atoms with van der Waals surface area (Å²) in [6.07, 6.45) is 0.728. The molecule has 0 atom stereocenters. The van der Waals surface area contributed by atoms with E-state index in [9.17, 15) is 8.42 Å². The molecule has 0 bridgehead atoms. The second-order valence-electron chi connectivity index (χ2n) is 3.10. The quantitative estimate of drug-likeness (QED) is 0.466. The van der Waals surface area contributed by atoms with E-state index in [1.54, 1.807) is 12.1 Å². The number of primary sulfonamides is 1. The maximum atomic E-state index is 10.9. The largest absolute Gasteiger partial charge is 0.381 e. The second-order valence-corrected chi connectivity index (χ2v) is 4.66. The number of benzene rings is 1. The molecule has 0 fully saturated rings. The van der Waals surface area contributed by atoms with Gasteiger partial charge < -0.3 is 5.11 Å². The summed E-state index contributed by atoms with van der Waals surface area (Å²) in [6, 6.07) is 6.37. The van der Waals surface area contributed by atoms with Gasteiger partial charge in [-0.3, -0.25) is 5.32 Å². The number of aliphatic hydroxyl groups is 1. The highest BCUT2D eigenvalue weighted by Crippen LogP contribution is 2.08. The predicted molar refractivity (Wildman–Crippen MR) is 56.6 cm³/mol. The Morgan fingerprint density at radius 2 is 1.87 bits per heavy atom. The van der Waals surface area contributed by atoms with Crippen molar-refractivity contribution < 1.29 is 13.5 Å². The first-order valence-corrected chi connectivity index (χ1v) is 6.02. The highest BCUT2D eigenvalue weighted by molar-refractivity contribution is 7.89. The van der Waals surface area contributed by atoms with E-state index in [1.165, 1.54) is 12.1 Å². The summed E-state index contributed by atoms with van der Waals surface area (Å²) in [5, 5.41) is 16.2. The molecule has 84 valence electrons. The molecule has 15 heavy (non-hydrogen) atoms. The average Bonchev–Trinajstić information content (AvgIpc) is 2.18. The van der Waals surface area contributed by atoms with Crippen LogP contribution in [-0.4, -0.2) is 26.8 Å². The maximum absolute atomic E-state index is 10.9. The van der Waals surface area contributed by atoms with Crippen molar-refractivity contribution >= 4 is 10.0 Å². The zero-order valence-corrected chi connectivity index (χ0v) is 9.00. The van der Waals surface area contributed by atoms with E-state index in [0.717, 1.165) is 12.0 Å². The normalized spacial score (nSPS) is 11.6. The number of rotatable bonds is 5. The van der Waals surface area contributed by atoms with Crippen LogP contribution in [0.2, 0.25) is 0 Å². The van der Waals surface area contributed by atoms with E-state index in [1.807, 2.05) is 0 Å². The Kier molecular flexibility index (Phi) is 4.22. The molecular formula is C9H14N2O3S. The van der Waals surface area contributed by atoms with Gasteiger partial charge in [0.25, 0.3) is 0 Å². The molecule has 0 radical (unpaired) electrons. The third kappa shape index (κ3) is 3.96. The number of nitrogens with one attached hydrogen (secondary N) is 1. The fourth-order valence-electron chi connectivity index (χ4n) is 1.16. The molecule has 0 aliphatic carbocycles. The summed E-state index contributed by atoms with van der Waals surface area (Å²) < 4.78 is 21.9. The zero-order valence-electron chi connectivity index (χ0n) is 8.18. The van der Waals surface area contributed by atoms with Crippen molar-refractivity contribution in [1.29, 1.82) is 0 Å². The minimum absolute atomic E-state index is 0.0603. The summed E-state index contributed by atoms with van der Waals surface area (Å²) >= 11 is 0. The summed E-state index contributed by atoms with van der Waals surface area (Å²) in [5.74, 6) is 0. The van der Waals surface area contributed by atoms with Crippen LogP contribution >= 0.6 is 0 Å². The van der Waals surface area contributed by atoms with Crippen molar-refractivity contribution in [1.82, 2.24) is 5.32 Å². The monoisotopic (exact) mass is 230 g/mol. The molecule has 1 aromatic carbocycles. The topological polar surface area (TPSA) is 92.4 Å². The first-order chi connectivity index (χ1) is 7.04. The molecule has 5 nitrogen and oxygen atoms in total. The van der Waals surface area contributed by atoms with Crippen LogP contribution in [0.4, 0.5) is 0 Å². The molecule has 0 heterocycles. The van der Waals surface area contributed by atoms with Crippen LogP contribution in [0.25, 0.3) is 0 Å². The third-order valence-corrected chi connectivity index (χ3v) is 2.88. The number of aliphatic hydroxyl groups excluding tert-OH is 1. The molecule has 0 aliphatic rings. The van der Waals surface area contributed by atoms with Crippen LogP contribution in [0.15, 0.2) is 29.2 Å². The van der Waals surface area contributed by atoms with E-state index in [-0.39, 0.29) is 11.6 Å². The highest BCUT2D eigenvalue weighted by atomic mass is 32.2. The fourth-order valence-corrected chi connectivity index (χ4v) is 1.67. The van der Waals surface area contributed by atoms with Crippen LogP contribution in [0, 0.1) is 0 Å². The van der Waals surface area contributed by atoms with Gasteiger partial charge in [0, 0.05) is 6.54 Å². The molecule has 0 saturated heterocycles. The van der Waals surface area contributed by atoms with Gasteiger partial charge in [0.2, 0.25) is 10.0 Å².